The standard InChI is InChI=1S/C8H12N2.C7H8N2/c1-5-6(2)10-8(4)7(3)9-5;1-3-7-5-8-6(2)4-9-7/h1-4H3;3-5H,1H2,2H3. The first-order valence-electron chi connectivity index (χ1n) is 6.13. The second-order valence-electron chi connectivity index (χ2n) is 4.35. The van der Waals surface area contributed by atoms with Crippen LogP contribution in [0.3, 0.4) is 0 Å². The molecule has 19 heavy (non-hydrogen) atoms. The molecule has 4 heteroatoms. The highest BCUT2D eigenvalue weighted by Crippen LogP contribution is 2.04. The molecule has 0 aliphatic heterocycles. The molecule has 0 atom stereocenters. The third kappa shape index (κ3) is 4.58. The van der Waals surface area contributed by atoms with E-state index in [1.54, 1.807) is 18.5 Å². The predicted molar refractivity (Wildman–Crippen MR) is 77.8 cm³/mol. The average molecular weight is 256 g/mol. The molecule has 2 heterocycles. The minimum atomic E-state index is 0.820. The molecule has 2 aromatic heterocycles. The van der Waals surface area contributed by atoms with E-state index in [0.29, 0.717) is 0 Å². The maximum atomic E-state index is 4.31. The highest BCUT2D eigenvalue weighted by molar-refractivity contribution is 5.38. The zero-order valence-electron chi connectivity index (χ0n) is 12.2. The van der Waals surface area contributed by atoms with E-state index in [4.69, 9.17) is 0 Å². The van der Waals surface area contributed by atoms with Gasteiger partial charge in [-0.3, -0.25) is 19.9 Å². The van der Waals surface area contributed by atoms with Crippen LogP contribution in [0.4, 0.5) is 0 Å². The molecule has 2 aromatic rings. The number of hydrogen-bond acceptors (Lipinski definition) is 4. The summed E-state index contributed by atoms with van der Waals surface area (Å²) in [7, 11) is 0. The van der Waals surface area contributed by atoms with Gasteiger partial charge in [0.2, 0.25) is 0 Å². The molecule has 4 nitrogen and oxygen atoms in total. The fraction of sp³-hybridized carbons (Fsp3) is 0.333. The van der Waals surface area contributed by atoms with Gasteiger partial charge in [0.25, 0.3) is 0 Å². The Morgan fingerprint density at radius 3 is 1.58 bits per heavy atom. The Kier molecular flexibility index (Phi) is 5.30. The Morgan fingerprint density at radius 1 is 0.789 bits per heavy atom. The Balaban J connectivity index is 0.000000191. The van der Waals surface area contributed by atoms with Crippen molar-refractivity contribution in [3.05, 3.63) is 53.1 Å². The largest absolute Gasteiger partial charge is 0.258 e. The lowest BCUT2D eigenvalue weighted by Gasteiger charge is -2.01. The Bertz CT molecular complexity index is 509. The maximum absolute atomic E-state index is 4.31. The second kappa shape index (κ2) is 6.73. The van der Waals surface area contributed by atoms with Gasteiger partial charge < -0.3 is 0 Å². The third-order valence-electron chi connectivity index (χ3n) is 2.73. The molecule has 0 N–H and O–H groups in total. The SMILES string of the molecule is C=Cc1cnc(C)cn1.Cc1nc(C)c(C)nc1C. The molecule has 0 saturated carbocycles. The zero-order valence-corrected chi connectivity index (χ0v) is 12.2. The van der Waals surface area contributed by atoms with E-state index < -0.39 is 0 Å². The third-order valence-corrected chi connectivity index (χ3v) is 2.73. The van der Waals surface area contributed by atoms with Crippen molar-refractivity contribution in [3.8, 4) is 0 Å². The number of nitrogens with zero attached hydrogens (tertiary/aromatic N) is 4. The van der Waals surface area contributed by atoms with E-state index in [0.717, 1.165) is 34.2 Å². The van der Waals surface area contributed by atoms with Crippen LogP contribution in [0.5, 0.6) is 0 Å². The van der Waals surface area contributed by atoms with Gasteiger partial charge in [-0.05, 0) is 40.7 Å². The summed E-state index contributed by atoms with van der Waals surface area (Å²) in [4.78, 5) is 16.7. The Morgan fingerprint density at radius 2 is 1.26 bits per heavy atom. The summed E-state index contributed by atoms with van der Waals surface area (Å²) in [5, 5.41) is 0. The topological polar surface area (TPSA) is 51.6 Å². The molecule has 100 valence electrons. The van der Waals surface area contributed by atoms with E-state index in [9.17, 15) is 0 Å². The van der Waals surface area contributed by atoms with Gasteiger partial charge in [0.1, 0.15) is 0 Å². The molecule has 0 radical (unpaired) electrons. The van der Waals surface area contributed by atoms with E-state index in [1.165, 1.54) is 0 Å². The van der Waals surface area contributed by atoms with Crippen molar-refractivity contribution in [2.75, 3.05) is 0 Å². The summed E-state index contributed by atoms with van der Waals surface area (Å²) >= 11 is 0. The van der Waals surface area contributed by atoms with Crippen LogP contribution in [-0.4, -0.2) is 19.9 Å². The minimum absolute atomic E-state index is 0.820. The molecule has 0 spiro atoms. The minimum Gasteiger partial charge on any atom is -0.258 e. The highest BCUT2D eigenvalue weighted by Gasteiger charge is 1.98. The molecule has 0 aliphatic rings. The summed E-state index contributed by atoms with van der Waals surface area (Å²) in [5.74, 6) is 0. The molecule has 0 amide bonds. The fourth-order valence-corrected chi connectivity index (χ4v) is 1.33. The molecule has 0 saturated heterocycles. The summed E-state index contributed by atoms with van der Waals surface area (Å²) < 4.78 is 0. The Hall–Kier alpha value is -2.10. The van der Waals surface area contributed by atoms with Crippen molar-refractivity contribution in [2.45, 2.75) is 34.6 Å². The molecule has 0 unspecified atom stereocenters. The van der Waals surface area contributed by atoms with Crippen molar-refractivity contribution >= 4 is 6.08 Å². The highest BCUT2D eigenvalue weighted by atomic mass is 14.8. The second-order valence-corrected chi connectivity index (χ2v) is 4.35. The van der Waals surface area contributed by atoms with Gasteiger partial charge in [-0.15, -0.1) is 0 Å². The summed E-state index contributed by atoms with van der Waals surface area (Å²) in [6.07, 6.45) is 5.09. The first kappa shape index (κ1) is 15.0. The predicted octanol–water partition coefficient (Wildman–Crippen LogP) is 3.14. The van der Waals surface area contributed by atoms with Gasteiger partial charge in [0.05, 0.1) is 40.4 Å². The molecular formula is C15H20N4. The number of aromatic nitrogens is 4. The first-order chi connectivity index (χ1) is 8.93. The zero-order chi connectivity index (χ0) is 14.4. The van der Waals surface area contributed by atoms with E-state index in [1.807, 2.05) is 34.6 Å². The fourth-order valence-electron chi connectivity index (χ4n) is 1.33. The molecule has 0 bridgehead atoms. The van der Waals surface area contributed by atoms with Gasteiger partial charge in [-0.25, -0.2) is 0 Å². The van der Waals surface area contributed by atoms with Gasteiger partial charge in [-0.2, -0.15) is 0 Å². The van der Waals surface area contributed by atoms with Crippen molar-refractivity contribution in [3.63, 3.8) is 0 Å². The lowest BCUT2D eigenvalue weighted by atomic mass is 10.3. The molecule has 2 rings (SSSR count). The number of aryl methyl sites for hydroxylation is 5. The van der Waals surface area contributed by atoms with Gasteiger partial charge >= 0.3 is 0 Å². The van der Waals surface area contributed by atoms with Crippen molar-refractivity contribution < 1.29 is 0 Å². The van der Waals surface area contributed by atoms with Crippen LogP contribution < -0.4 is 0 Å². The number of hydrogen-bond donors (Lipinski definition) is 0. The summed E-state index contributed by atoms with van der Waals surface area (Å²) in [5.41, 5.74) is 5.87. The first-order valence-corrected chi connectivity index (χ1v) is 6.13. The van der Waals surface area contributed by atoms with E-state index in [-0.39, 0.29) is 0 Å². The van der Waals surface area contributed by atoms with E-state index >= 15 is 0 Å². The van der Waals surface area contributed by atoms with Gasteiger partial charge in [-0.1, -0.05) is 6.58 Å². The Labute approximate surface area is 114 Å². The van der Waals surface area contributed by atoms with Crippen LogP contribution >= 0.6 is 0 Å². The van der Waals surface area contributed by atoms with Crippen LogP contribution in [0, 0.1) is 34.6 Å². The molecular weight excluding hydrogens is 236 g/mol. The summed E-state index contributed by atoms with van der Waals surface area (Å²) in [6, 6.07) is 0. The van der Waals surface area contributed by atoms with Gasteiger partial charge in [0, 0.05) is 6.20 Å². The van der Waals surface area contributed by atoms with Crippen molar-refractivity contribution in [2.24, 2.45) is 0 Å². The normalized spacial score (nSPS) is 9.53. The quantitative estimate of drug-likeness (QED) is 0.786. The van der Waals surface area contributed by atoms with Crippen LogP contribution in [0.15, 0.2) is 19.0 Å². The lowest BCUT2D eigenvalue weighted by molar-refractivity contribution is 0.959. The summed E-state index contributed by atoms with van der Waals surface area (Å²) in [6.45, 7) is 13.4. The number of rotatable bonds is 1. The van der Waals surface area contributed by atoms with Crippen molar-refractivity contribution in [1.82, 2.24) is 19.9 Å². The average Bonchev–Trinajstić information content (AvgIpc) is 2.38. The smallest absolute Gasteiger partial charge is 0.0807 e. The lowest BCUT2D eigenvalue weighted by Crippen LogP contribution is -1.97. The maximum Gasteiger partial charge on any atom is 0.0807 e. The van der Waals surface area contributed by atoms with Crippen LogP contribution in [-0.2, 0) is 0 Å². The van der Waals surface area contributed by atoms with Crippen LogP contribution in [0.2, 0.25) is 0 Å². The van der Waals surface area contributed by atoms with Crippen molar-refractivity contribution in [1.29, 1.82) is 0 Å². The molecule has 0 fully saturated rings. The van der Waals surface area contributed by atoms with Crippen LogP contribution in [0.25, 0.3) is 6.08 Å². The van der Waals surface area contributed by atoms with Crippen LogP contribution in [0.1, 0.15) is 34.2 Å². The van der Waals surface area contributed by atoms with Gasteiger partial charge in [0.15, 0.2) is 0 Å². The molecule has 0 aliphatic carbocycles. The van der Waals surface area contributed by atoms with E-state index in [2.05, 4.69) is 26.5 Å². The molecule has 0 aromatic carbocycles. The monoisotopic (exact) mass is 256 g/mol.